The molecule has 0 rings (SSSR count). The third kappa shape index (κ3) is 5.96. The van der Waals surface area contributed by atoms with Gasteiger partial charge in [-0.05, 0) is 34.1 Å². The molecule has 16 heavy (non-hydrogen) atoms. The van der Waals surface area contributed by atoms with Crippen molar-refractivity contribution in [1.82, 2.24) is 5.32 Å². The van der Waals surface area contributed by atoms with Gasteiger partial charge in [-0.15, -0.1) is 0 Å². The molecule has 5 heteroatoms. The topological polar surface area (TPSA) is 39.7 Å². The molecule has 4 nitrogen and oxygen atoms in total. The van der Waals surface area contributed by atoms with Crippen molar-refractivity contribution >= 4 is 8.80 Å². The van der Waals surface area contributed by atoms with Crippen LogP contribution < -0.4 is 5.32 Å². The fourth-order valence-corrected chi connectivity index (χ4v) is 3.86. The molecule has 0 aromatic carbocycles. The summed E-state index contributed by atoms with van der Waals surface area (Å²) in [6.07, 6.45) is 1.78. The molecule has 0 aromatic heterocycles. The van der Waals surface area contributed by atoms with E-state index in [4.69, 9.17) is 13.3 Å². The molecule has 0 fully saturated rings. The van der Waals surface area contributed by atoms with Crippen LogP contribution in [0.3, 0.4) is 0 Å². The molecule has 0 aliphatic carbocycles. The summed E-state index contributed by atoms with van der Waals surface area (Å²) in [6, 6.07) is 0.466. The van der Waals surface area contributed by atoms with Gasteiger partial charge in [-0.2, -0.15) is 0 Å². The van der Waals surface area contributed by atoms with E-state index in [-0.39, 0.29) is 0 Å². The molecule has 0 spiro atoms. The van der Waals surface area contributed by atoms with Gasteiger partial charge in [0.05, 0.1) is 6.17 Å². The van der Waals surface area contributed by atoms with Gasteiger partial charge in [-0.25, -0.2) is 0 Å². The molecule has 0 aliphatic rings. The number of nitrogens with one attached hydrogen (secondary N) is 1. The van der Waals surface area contributed by atoms with Crippen LogP contribution in [0.25, 0.3) is 0 Å². The maximum atomic E-state index is 5.74. The minimum Gasteiger partial charge on any atom is -0.373 e. The lowest BCUT2D eigenvalue weighted by atomic mass is 10.3. The second-order valence-electron chi connectivity index (χ2n) is 3.67. The largest absolute Gasteiger partial charge is 0.515 e. The van der Waals surface area contributed by atoms with Gasteiger partial charge in [-0.1, -0.05) is 6.92 Å². The Labute approximate surface area is 101 Å². The molecular weight excluding hydrogens is 222 g/mol. The zero-order valence-corrected chi connectivity index (χ0v) is 12.3. The lowest BCUT2D eigenvalue weighted by Gasteiger charge is -2.29. The van der Waals surface area contributed by atoms with Crippen LogP contribution in [-0.2, 0) is 13.3 Å². The predicted molar refractivity (Wildman–Crippen MR) is 68.4 cm³/mol. The highest BCUT2D eigenvalue weighted by molar-refractivity contribution is 6.60. The van der Waals surface area contributed by atoms with E-state index in [9.17, 15) is 0 Å². The molecule has 1 unspecified atom stereocenters. The molecule has 1 atom stereocenters. The van der Waals surface area contributed by atoms with Crippen LogP contribution in [0, 0.1) is 0 Å². The number of hydrogen-bond donors (Lipinski definition) is 1. The first-order valence-electron chi connectivity index (χ1n) is 6.29. The van der Waals surface area contributed by atoms with E-state index in [0.29, 0.717) is 32.0 Å². The third-order valence-corrected chi connectivity index (χ3v) is 5.19. The monoisotopic (exact) mass is 249 g/mol. The highest BCUT2D eigenvalue weighted by atomic mass is 28.4. The second kappa shape index (κ2) is 9.12. The van der Waals surface area contributed by atoms with Crippen molar-refractivity contribution in [3.05, 3.63) is 0 Å². The smallest absolute Gasteiger partial charge is 0.373 e. The first-order chi connectivity index (χ1) is 7.64. The summed E-state index contributed by atoms with van der Waals surface area (Å²) in [5.41, 5.74) is 0. The van der Waals surface area contributed by atoms with Gasteiger partial charge >= 0.3 is 8.80 Å². The van der Waals surface area contributed by atoms with Crippen molar-refractivity contribution in [3.63, 3.8) is 0 Å². The Morgan fingerprint density at radius 3 is 1.69 bits per heavy atom. The minimum atomic E-state index is -2.49. The minimum absolute atomic E-state index is 0.466. The van der Waals surface area contributed by atoms with Crippen molar-refractivity contribution in [2.45, 2.75) is 47.1 Å². The standard InChI is InChI=1S/C11H27NO3Si/c1-6-11(5)12-10-16(13-7-2,14-8-3)15-9-4/h11-12H,6-10H2,1-5H3. The van der Waals surface area contributed by atoms with Crippen LogP contribution in [0.5, 0.6) is 0 Å². The summed E-state index contributed by atoms with van der Waals surface area (Å²) >= 11 is 0. The quantitative estimate of drug-likeness (QED) is 0.601. The number of hydrogen-bond acceptors (Lipinski definition) is 4. The average molecular weight is 249 g/mol. The van der Waals surface area contributed by atoms with Gasteiger partial charge in [0.1, 0.15) is 0 Å². The Bertz CT molecular complexity index is 152. The van der Waals surface area contributed by atoms with E-state index >= 15 is 0 Å². The zero-order valence-electron chi connectivity index (χ0n) is 11.3. The average Bonchev–Trinajstić information content (AvgIpc) is 2.27. The lowest BCUT2D eigenvalue weighted by molar-refractivity contribution is 0.0693. The van der Waals surface area contributed by atoms with Crippen LogP contribution in [0.1, 0.15) is 41.0 Å². The molecule has 98 valence electrons. The fraction of sp³-hybridized carbons (Fsp3) is 1.00. The zero-order chi connectivity index (χ0) is 12.4. The third-order valence-electron chi connectivity index (χ3n) is 2.37. The molecular formula is C11H27NO3Si. The molecule has 1 N–H and O–H groups in total. The van der Waals surface area contributed by atoms with Crippen molar-refractivity contribution in [2.24, 2.45) is 0 Å². The highest BCUT2D eigenvalue weighted by Gasteiger charge is 2.40. The normalized spacial score (nSPS) is 14.1. The van der Waals surface area contributed by atoms with Gasteiger partial charge in [0, 0.05) is 25.9 Å². The summed E-state index contributed by atoms with van der Waals surface area (Å²) in [5.74, 6) is 0. The van der Waals surface area contributed by atoms with E-state index in [1.165, 1.54) is 0 Å². The summed E-state index contributed by atoms with van der Waals surface area (Å²) in [4.78, 5) is 0. The van der Waals surface area contributed by atoms with E-state index in [0.717, 1.165) is 6.42 Å². The van der Waals surface area contributed by atoms with Crippen LogP contribution in [0.2, 0.25) is 0 Å². The Balaban J connectivity index is 4.34. The van der Waals surface area contributed by atoms with Crippen molar-refractivity contribution in [3.8, 4) is 0 Å². The summed E-state index contributed by atoms with van der Waals surface area (Å²) in [5, 5.41) is 3.41. The fourth-order valence-electron chi connectivity index (χ4n) is 1.38. The van der Waals surface area contributed by atoms with E-state index < -0.39 is 8.80 Å². The predicted octanol–water partition coefficient (Wildman–Crippen LogP) is 1.96. The SMILES string of the molecule is CCO[Si](CNC(C)CC)(OCC)OCC. The Hall–Kier alpha value is 0.0569. The van der Waals surface area contributed by atoms with Crippen molar-refractivity contribution < 1.29 is 13.3 Å². The Morgan fingerprint density at radius 1 is 0.938 bits per heavy atom. The molecule has 0 heterocycles. The highest BCUT2D eigenvalue weighted by Crippen LogP contribution is 2.09. The molecule has 0 saturated heterocycles. The maximum Gasteiger partial charge on any atom is 0.515 e. The van der Waals surface area contributed by atoms with Crippen molar-refractivity contribution in [1.29, 1.82) is 0 Å². The molecule has 0 saturated carbocycles. The summed E-state index contributed by atoms with van der Waals surface area (Å²) < 4.78 is 17.2. The first kappa shape index (κ1) is 16.1. The molecule has 0 aromatic rings. The molecule has 0 amide bonds. The van der Waals surface area contributed by atoms with Gasteiger partial charge in [0.25, 0.3) is 0 Å². The van der Waals surface area contributed by atoms with Crippen LogP contribution in [0.15, 0.2) is 0 Å². The van der Waals surface area contributed by atoms with E-state index in [1.807, 2.05) is 20.8 Å². The van der Waals surface area contributed by atoms with Crippen LogP contribution in [0.4, 0.5) is 0 Å². The summed E-state index contributed by atoms with van der Waals surface area (Å²) in [6.45, 7) is 12.1. The van der Waals surface area contributed by atoms with Crippen molar-refractivity contribution in [2.75, 3.05) is 26.0 Å². The van der Waals surface area contributed by atoms with E-state index in [1.54, 1.807) is 0 Å². The summed E-state index contributed by atoms with van der Waals surface area (Å²) in [7, 11) is -2.49. The van der Waals surface area contributed by atoms with E-state index in [2.05, 4.69) is 19.2 Å². The maximum absolute atomic E-state index is 5.74. The van der Waals surface area contributed by atoms with Gasteiger partial charge in [0.15, 0.2) is 0 Å². The first-order valence-corrected chi connectivity index (χ1v) is 8.22. The van der Waals surface area contributed by atoms with Crippen LogP contribution in [-0.4, -0.2) is 40.8 Å². The Morgan fingerprint density at radius 2 is 1.38 bits per heavy atom. The lowest BCUT2D eigenvalue weighted by Crippen LogP contribution is -2.55. The molecule has 0 aliphatic heterocycles. The molecule has 0 radical (unpaired) electrons. The number of rotatable bonds is 10. The second-order valence-corrected chi connectivity index (χ2v) is 6.26. The van der Waals surface area contributed by atoms with Crippen LogP contribution >= 0.6 is 0 Å². The van der Waals surface area contributed by atoms with Gasteiger partial charge < -0.3 is 18.6 Å². The van der Waals surface area contributed by atoms with Gasteiger partial charge in [-0.3, -0.25) is 0 Å². The molecule has 0 bridgehead atoms. The van der Waals surface area contributed by atoms with Gasteiger partial charge in [0.2, 0.25) is 0 Å². The Kier molecular flexibility index (Phi) is 9.16.